The Hall–Kier alpha value is -1.95. The van der Waals surface area contributed by atoms with Gasteiger partial charge in [0.15, 0.2) is 10.6 Å². The van der Waals surface area contributed by atoms with Crippen molar-refractivity contribution in [3.63, 3.8) is 0 Å². The lowest BCUT2D eigenvalue weighted by molar-refractivity contribution is -0.122. The van der Waals surface area contributed by atoms with Crippen LogP contribution in [0.1, 0.15) is 44.6 Å². The summed E-state index contributed by atoms with van der Waals surface area (Å²) >= 11 is 5.37. The molecular weight excluding hydrogens is 356 g/mol. The van der Waals surface area contributed by atoms with Crippen LogP contribution in [-0.2, 0) is 11.3 Å². The zero-order valence-electron chi connectivity index (χ0n) is 16.1. The normalized spacial score (nSPS) is 24.9. The van der Waals surface area contributed by atoms with Crippen molar-refractivity contribution < 1.29 is 4.79 Å². The minimum atomic E-state index is 0.100. The van der Waals surface area contributed by atoms with Crippen molar-refractivity contribution in [2.24, 2.45) is 17.8 Å². The van der Waals surface area contributed by atoms with Crippen LogP contribution in [0.25, 0.3) is 11.4 Å². The van der Waals surface area contributed by atoms with Gasteiger partial charge in [-0.05, 0) is 63.1 Å². The summed E-state index contributed by atoms with van der Waals surface area (Å²) in [7, 11) is 0. The average molecular weight is 385 g/mol. The van der Waals surface area contributed by atoms with Gasteiger partial charge in [0.1, 0.15) is 0 Å². The second kappa shape index (κ2) is 7.58. The molecule has 27 heavy (non-hydrogen) atoms. The van der Waals surface area contributed by atoms with E-state index in [0.29, 0.717) is 23.7 Å². The number of fused-ring (bicyclic) bond motifs is 2. The van der Waals surface area contributed by atoms with E-state index in [4.69, 9.17) is 12.2 Å². The SMILES string of the molecule is Cc1ccc(-c2n[nH]c(=S)n2CCC(=O)N[C@H](C)[C@H]2C[C@H]3CC[C@H]2C3)cc1. The second-order valence-corrected chi connectivity index (χ2v) is 8.70. The molecule has 1 heterocycles. The van der Waals surface area contributed by atoms with Crippen molar-refractivity contribution in [1.82, 2.24) is 20.1 Å². The van der Waals surface area contributed by atoms with Crippen molar-refractivity contribution in [2.45, 2.75) is 58.5 Å². The van der Waals surface area contributed by atoms with Crippen LogP contribution in [0.3, 0.4) is 0 Å². The number of nitrogens with one attached hydrogen (secondary N) is 2. The smallest absolute Gasteiger partial charge is 0.222 e. The van der Waals surface area contributed by atoms with Crippen LogP contribution in [0, 0.1) is 29.4 Å². The van der Waals surface area contributed by atoms with E-state index < -0.39 is 0 Å². The number of carbonyl (C=O) groups excluding carboxylic acids is 1. The highest BCUT2D eigenvalue weighted by Gasteiger charge is 2.42. The minimum Gasteiger partial charge on any atom is -0.353 e. The number of hydrogen-bond acceptors (Lipinski definition) is 3. The first kappa shape index (κ1) is 18.4. The van der Waals surface area contributed by atoms with Crippen LogP contribution in [-0.4, -0.2) is 26.7 Å². The predicted molar refractivity (Wildman–Crippen MR) is 109 cm³/mol. The maximum atomic E-state index is 12.5. The number of H-pyrrole nitrogens is 1. The first-order valence-electron chi connectivity index (χ1n) is 10.0. The molecule has 4 rings (SSSR count). The third kappa shape index (κ3) is 3.86. The molecule has 0 saturated heterocycles. The number of aromatic amines is 1. The van der Waals surface area contributed by atoms with E-state index in [1.165, 1.54) is 31.2 Å². The number of carbonyl (C=O) groups is 1. The largest absolute Gasteiger partial charge is 0.353 e. The lowest BCUT2D eigenvalue weighted by Gasteiger charge is -2.28. The Morgan fingerprint density at radius 3 is 2.78 bits per heavy atom. The molecule has 0 spiro atoms. The fourth-order valence-corrected chi connectivity index (χ4v) is 5.22. The topological polar surface area (TPSA) is 62.7 Å². The van der Waals surface area contributed by atoms with E-state index in [2.05, 4.69) is 41.5 Å². The molecule has 2 N–H and O–H groups in total. The Balaban J connectivity index is 1.37. The van der Waals surface area contributed by atoms with Gasteiger partial charge in [0.2, 0.25) is 5.91 Å². The molecule has 4 atom stereocenters. The van der Waals surface area contributed by atoms with Crippen molar-refractivity contribution in [1.29, 1.82) is 0 Å². The summed E-state index contributed by atoms with van der Waals surface area (Å²) in [6.07, 6.45) is 5.81. The standard InChI is InChI=1S/C21H28N4OS/c1-13-3-6-16(7-4-13)20-23-24-21(27)25(20)10-9-19(26)22-14(2)18-12-15-5-8-17(18)11-15/h3-4,6-7,14-15,17-18H,5,8-12H2,1-2H3,(H,22,26)(H,24,27)/t14-,15+,17+,18-/m1/s1. The molecule has 2 bridgehead atoms. The third-order valence-corrected chi connectivity index (χ3v) is 6.77. The highest BCUT2D eigenvalue weighted by Crippen LogP contribution is 2.49. The summed E-state index contributed by atoms with van der Waals surface area (Å²) in [6, 6.07) is 8.45. The molecule has 0 aliphatic heterocycles. The molecule has 144 valence electrons. The van der Waals surface area contributed by atoms with E-state index in [1.54, 1.807) is 0 Å². The van der Waals surface area contributed by atoms with Gasteiger partial charge < -0.3 is 5.32 Å². The van der Waals surface area contributed by atoms with Gasteiger partial charge in [-0.15, -0.1) is 0 Å². The highest BCUT2D eigenvalue weighted by molar-refractivity contribution is 7.71. The van der Waals surface area contributed by atoms with Gasteiger partial charge in [-0.3, -0.25) is 14.5 Å². The number of nitrogens with zero attached hydrogens (tertiary/aromatic N) is 2. The number of benzene rings is 1. The van der Waals surface area contributed by atoms with E-state index in [-0.39, 0.29) is 11.9 Å². The maximum absolute atomic E-state index is 12.5. The minimum absolute atomic E-state index is 0.100. The van der Waals surface area contributed by atoms with Crippen molar-refractivity contribution >= 4 is 18.1 Å². The zero-order valence-corrected chi connectivity index (χ0v) is 16.9. The Bertz CT molecular complexity index is 869. The zero-order chi connectivity index (χ0) is 19.0. The Labute approximate surface area is 165 Å². The molecule has 2 saturated carbocycles. The molecular formula is C21H28N4OS. The first-order chi connectivity index (χ1) is 13.0. The van der Waals surface area contributed by atoms with Gasteiger partial charge in [0, 0.05) is 24.6 Å². The van der Waals surface area contributed by atoms with Gasteiger partial charge in [-0.1, -0.05) is 36.2 Å². The van der Waals surface area contributed by atoms with Crippen LogP contribution < -0.4 is 5.32 Å². The average Bonchev–Trinajstić information content (AvgIpc) is 3.36. The lowest BCUT2D eigenvalue weighted by Crippen LogP contribution is -2.40. The quantitative estimate of drug-likeness (QED) is 0.732. The Morgan fingerprint density at radius 2 is 2.11 bits per heavy atom. The van der Waals surface area contributed by atoms with Crippen LogP contribution in [0.15, 0.2) is 24.3 Å². The van der Waals surface area contributed by atoms with Gasteiger partial charge in [-0.2, -0.15) is 5.10 Å². The van der Waals surface area contributed by atoms with Crippen LogP contribution in [0.5, 0.6) is 0 Å². The predicted octanol–water partition coefficient (Wildman–Crippen LogP) is 4.25. The van der Waals surface area contributed by atoms with Crippen molar-refractivity contribution in [3.05, 3.63) is 34.6 Å². The van der Waals surface area contributed by atoms with Gasteiger partial charge >= 0.3 is 0 Å². The van der Waals surface area contributed by atoms with Crippen molar-refractivity contribution in [2.75, 3.05) is 0 Å². The van der Waals surface area contributed by atoms with Crippen LogP contribution in [0.4, 0.5) is 0 Å². The number of amides is 1. The summed E-state index contributed by atoms with van der Waals surface area (Å²) in [5, 5.41) is 10.5. The summed E-state index contributed by atoms with van der Waals surface area (Å²) < 4.78 is 2.47. The van der Waals surface area contributed by atoms with E-state index in [9.17, 15) is 4.79 Å². The van der Waals surface area contributed by atoms with Crippen LogP contribution >= 0.6 is 12.2 Å². The highest BCUT2D eigenvalue weighted by atomic mass is 32.1. The number of aryl methyl sites for hydroxylation is 1. The molecule has 2 aromatic rings. The Morgan fingerprint density at radius 1 is 1.33 bits per heavy atom. The molecule has 1 aromatic carbocycles. The summed E-state index contributed by atoms with van der Waals surface area (Å²) in [5.74, 6) is 3.27. The number of hydrogen-bond donors (Lipinski definition) is 2. The maximum Gasteiger partial charge on any atom is 0.222 e. The molecule has 6 heteroatoms. The lowest BCUT2D eigenvalue weighted by atomic mass is 9.84. The second-order valence-electron chi connectivity index (χ2n) is 8.31. The monoisotopic (exact) mass is 384 g/mol. The summed E-state index contributed by atoms with van der Waals surface area (Å²) in [4.78, 5) is 12.5. The van der Waals surface area contributed by atoms with Crippen molar-refractivity contribution in [3.8, 4) is 11.4 Å². The molecule has 2 aliphatic rings. The molecule has 2 fully saturated rings. The summed E-state index contributed by atoms with van der Waals surface area (Å²) in [6.45, 7) is 4.76. The number of aromatic nitrogens is 3. The third-order valence-electron chi connectivity index (χ3n) is 6.45. The molecule has 1 aromatic heterocycles. The Kier molecular flexibility index (Phi) is 5.17. The number of rotatable bonds is 6. The van der Waals surface area contributed by atoms with Crippen LogP contribution in [0.2, 0.25) is 0 Å². The fraction of sp³-hybridized carbons (Fsp3) is 0.571. The molecule has 0 radical (unpaired) electrons. The summed E-state index contributed by atoms with van der Waals surface area (Å²) in [5.41, 5.74) is 2.21. The van der Waals surface area contributed by atoms with E-state index >= 15 is 0 Å². The van der Waals surface area contributed by atoms with Gasteiger partial charge in [0.05, 0.1) is 0 Å². The van der Waals surface area contributed by atoms with Gasteiger partial charge in [-0.25, -0.2) is 0 Å². The first-order valence-corrected chi connectivity index (χ1v) is 10.4. The van der Waals surface area contributed by atoms with E-state index in [0.717, 1.165) is 23.2 Å². The van der Waals surface area contributed by atoms with E-state index in [1.807, 2.05) is 16.7 Å². The molecule has 0 unspecified atom stereocenters. The molecule has 2 aliphatic carbocycles. The fourth-order valence-electron chi connectivity index (χ4n) is 5.00. The van der Waals surface area contributed by atoms with Gasteiger partial charge in [0.25, 0.3) is 0 Å². The molecule has 1 amide bonds. The molecule has 5 nitrogen and oxygen atoms in total.